The van der Waals surface area contributed by atoms with E-state index in [-0.39, 0.29) is 11.9 Å². The third-order valence-electron chi connectivity index (χ3n) is 3.64. The molecule has 2 aromatic heterocycles. The molecule has 0 radical (unpaired) electrons. The first kappa shape index (κ1) is 16.8. The third kappa shape index (κ3) is 4.09. The second-order valence-electron chi connectivity index (χ2n) is 6.26. The number of hydrogen-bond acceptors (Lipinski definition) is 6. The van der Waals surface area contributed by atoms with Gasteiger partial charge in [0.2, 0.25) is 5.89 Å². The molecule has 3 rings (SSSR count). The summed E-state index contributed by atoms with van der Waals surface area (Å²) in [4.78, 5) is 16.7. The molecular formula is C17H20N6O2. The number of nitrogens with one attached hydrogen (secondary N) is 1. The van der Waals surface area contributed by atoms with Crippen molar-refractivity contribution in [1.29, 1.82) is 0 Å². The number of benzene rings is 1. The van der Waals surface area contributed by atoms with Crippen LogP contribution in [0, 0.1) is 5.92 Å². The van der Waals surface area contributed by atoms with Crippen LogP contribution in [0.5, 0.6) is 0 Å². The molecule has 0 bridgehead atoms. The molecule has 1 atom stereocenters. The molecule has 1 aromatic carbocycles. The Morgan fingerprint density at radius 2 is 1.84 bits per heavy atom. The molecule has 3 aromatic rings. The van der Waals surface area contributed by atoms with E-state index in [9.17, 15) is 4.79 Å². The number of carbonyl (C=O) groups is 1. The van der Waals surface area contributed by atoms with E-state index in [4.69, 9.17) is 4.52 Å². The topological polar surface area (TPSA) is 98.7 Å². The lowest BCUT2D eigenvalue weighted by molar-refractivity contribution is 0.0932. The van der Waals surface area contributed by atoms with Crippen molar-refractivity contribution in [3.05, 3.63) is 54.2 Å². The summed E-state index contributed by atoms with van der Waals surface area (Å²) in [5, 5.41) is 14.3. The van der Waals surface area contributed by atoms with E-state index in [1.165, 1.54) is 0 Å². The minimum absolute atomic E-state index is 0.202. The monoisotopic (exact) mass is 340 g/mol. The highest BCUT2D eigenvalue weighted by Crippen LogP contribution is 2.14. The van der Waals surface area contributed by atoms with Crippen molar-refractivity contribution in [2.75, 3.05) is 0 Å². The first-order chi connectivity index (χ1) is 12.0. The Balaban J connectivity index is 1.64. The first-order valence-electron chi connectivity index (χ1n) is 8.11. The standard InChI is InChI=1S/C17H20N6O2/c1-11(2)8-15-21-17(25-22-15)12(3)20-16(24)13-4-6-14(7-5-13)23-9-18-19-10-23/h4-7,9-12H,8H2,1-3H3,(H,20,24)/t12-/m0/s1. The molecule has 8 nitrogen and oxygen atoms in total. The molecule has 1 amide bonds. The van der Waals surface area contributed by atoms with Gasteiger partial charge in [0.1, 0.15) is 18.7 Å². The van der Waals surface area contributed by atoms with Crippen molar-refractivity contribution in [2.24, 2.45) is 5.92 Å². The molecule has 25 heavy (non-hydrogen) atoms. The zero-order valence-corrected chi connectivity index (χ0v) is 14.4. The molecule has 1 N–H and O–H groups in total. The van der Waals surface area contributed by atoms with Gasteiger partial charge < -0.3 is 9.84 Å². The van der Waals surface area contributed by atoms with Gasteiger partial charge in [0.05, 0.1) is 0 Å². The van der Waals surface area contributed by atoms with Crippen LogP contribution >= 0.6 is 0 Å². The van der Waals surface area contributed by atoms with Crippen LogP contribution in [0.4, 0.5) is 0 Å². The number of hydrogen-bond donors (Lipinski definition) is 1. The molecule has 0 aliphatic carbocycles. The van der Waals surface area contributed by atoms with Crippen molar-refractivity contribution < 1.29 is 9.32 Å². The lowest BCUT2D eigenvalue weighted by atomic mass is 10.1. The van der Waals surface area contributed by atoms with Crippen LogP contribution in [-0.2, 0) is 6.42 Å². The molecule has 0 aliphatic rings. The molecule has 0 saturated heterocycles. The fourth-order valence-electron chi connectivity index (χ4n) is 2.35. The molecule has 8 heteroatoms. The normalized spacial score (nSPS) is 12.3. The zero-order valence-electron chi connectivity index (χ0n) is 14.4. The molecule has 130 valence electrons. The Labute approximate surface area is 145 Å². The minimum atomic E-state index is -0.363. The Morgan fingerprint density at radius 1 is 1.16 bits per heavy atom. The van der Waals surface area contributed by atoms with E-state index in [0.717, 1.165) is 12.1 Å². The van der Waals surface area contributed by atoms with Gasteiger partial charge in [-0.15, -0.1) is 10.2 Å². The van der Waals surface area contributed by atoms with Crippen LogP contribution in [0.2, 0.25) is 0 Å². The molecular weight excluding hydrogens is 320 g/mol. The molecule has 0 spiro atoms. The predicted octanol–water partition coefficient (Wildman–Crippen LogP) is 2.34. The maximum Gasteiger partial charge on any atom is 0.251 e. The van der Waals surface area contributed by atoms with Gasteiger partial charge in [0.15, 0.2) is 5.82 Å². The highest BCUT2D eigenvalue weighted by molar-refractivity contribution is 5.94. The van der Waals surface area contributed by atoms with Crippen LogP contribution in [0.25, 0.3) is 5.69 Å². The van der Waals surface area contributed by atoms with E-state index in [0.29, 0.717) is 23.2 Å². The Bertz CT molecular complexity index is 823. The second-order valence-corrected chi connectivity index (χ2v) is 6.26. The number of carbonyl (C=O) groups excluding carboxylic acids is 1. The molecule has 0 saturated carbocycles. The van der Waals surface area contributed by atoms with E-state index in [1.807, 2.05) is 19.1 Å². The van der Waals surface area contributed by atoms with Crippen LogP contribution in [0.3, 0.4) is 0 Å². The highest BCUT2D eigenvalue weighted by atomic mass is 16.5. The summed E-state index contributed by atoms with van der Waals surface area (Å²) >= 11 is 0. The van der Waals surface area contributed by atoms with E-state index < -0.39 is 0 Å². The lowest BCUT2D eigenvalue weighted by Crippen LogP contribution is -2.26. The summed E-state index contributed by atoms with van der Waals surface area (Å²) in [7, 11) is 0. The Hall–Kier alpha value is -3.03. The average molecular weight is 340 g/mol. The first-order valence-corrected chi connectivity index (χ1v) is 8.11. The number of rotatable bonds is 6. The van der Waals surface area contributed by atoms with Crippen molar-refractivity contribution in [3.8, 4) is 5.69 Å². The summed E-state index contributed by atoms with van der Waals surface area (Å²) in [6.45, 7) is 5.99. The van der Waals surface area contributed by atoms with Gasteiger partial charge in [0, 0.05) is 17.7 Å². The lowest BCUT2D eigenvalue weighted by Gasteiger charge is -2.10. The van der Waals surface area contributed by atoms with Crippen LogP contribution in [0.1, 0.15) is 48.9 Å². The Morgan fingerprint density at radius 3 is 2.48 bits per heavy atom. The maximum atomic E-state index is 12.4. The van der Waals surface area contributed by atoms with Gasteiger partial charge in [-0.25, -0.2) is 0 Å². The molecule has 0 aliphatic heterocycles. The maximum absolute atomic E-state index is 12.4. The van der Waals surface area contributed by atoms with Crippen molar-refractivity contribution in [2.45, 2.75) is 33.2 Å². The van der Waals surface area contributed by atoms with Gasteiger partial charge in [0.25, 0.3) is 5.91 Å². The quantitative estimate of drug-likeness (QED) is 0.739. The minimum Gasteiger partial charge on any atom is -0.341 e. The number of amides is 1. The fraction of sp³-hybridized carbons (Fsp3) is 0.353. The fourth-order valence-corrected chi connectivity index (χ4v) is 2.35. The van der Waals surface area contributed by atoms with E-state index in [1.54, 1.807) is 29.4 Å². The molecule has 2 heterocycles. The van der Waals surface area contributed by atoms with Crippen LogP contribution in [0.15, 0.2) is 41.4 Å². The summed E-state index contributed by atoms with van der Waals surface area (Å²) in [5.41, 5.74) is 1.43. The van der Waals surface area contributed by atoms with Crippen molar-refractivity contribution in [1.82, 2.24) is 30.2 Å². The summed E-state index contributed by atoms with van der Waals surface area (Å²) in [5.74, 6) is 1.31. The van der Waals surface area contributed by atoms with Gasteiger partial charge in [-0.2, -0.15) is 4.98 Å². The SMILES string of the molecule is CC(C)Cc1noc([C@H](C)NC(=O)c2ccc(-n3cnnc3)cc2)n1. The van der Waals surface area contributed by atoms with Crippen LogP contribution in [-0.4, -0.2) is 30.8 Å². The number of aromatic nitrogens is 5. The highest BCUT2D eigenvalue weighted by Gasteiger charge is 2.18. The summed E-state index contributed by atoms with van der Waals surface area (Å²) in [6, 6.07) is 6.79. The third-order valence-corrected chi connectivity index (χ3v) is 3.64. The van der Waals surface area contributed by atoms with Crippen molar-refractivity contribution in [3.63, 3.8) is 0 Å². The summed E-state index contributed by atoms with van der Waals surface area (Å²) in [6.07, 6.45) is 3.94. The van der Waals surface area contributed by atoms with Gasteiger partial charge in [-0.05, 0) is 37.1 Å². The van der Waals surface area contributed by atoms with Crippen molar-refractivity contribution >= 4 is 5.91 Å². The molecule has 0 fully saturated rings. The zero-order chi connectivity index (χ0) is 17.8. The average Bonchev–Trinajstić information content (AvgIpc) is 3.26. The van der Waals surface area contributed by atoms with E-state index >= 15 is 0 Å². The van der Waals surface area contributed by atoms with Crippen LogP contribution < -0.4 is 5.32 Å². The smallest absolute Gasteiger partial charge is 0.251 e. The number of nitrogens with zero attached hydrogens (tertiary/aromatic N) is 5. The second kappa shape index (κ2) is 7.25. The Kier molecular flexibility index (Phi) is 4.87. The van der Waals surface area contributed by atoms with Gasteiger partial charge in [-0.3, -0.25) is 9.36 Å². The van der Waals surface area contributed by atoms with Gasteiger partial charge >= 0.3 is 0 Å². The molecule has 0 unspecified atom stereocenters. The predicted molar refractivity (Wildman–Crippen MR) is 90.1 cm³/mol. The summed E-state index contributed by atoms with van der Waals surface area (Å²) < 4.78 is 7.00. The van der Waals surface area contributed by atoms with E-state index in [2.05, 4.69) is 39.5 Å². The largest absolute Gasteiger partial charge is 0.341 e. The van der Waals surface area contributed by atoms with Gasteiger partial charge in [-0.1, -0.05) is 19.0 Å².